The molecule has 1 fully saturated rings. The minimum absolute atomic E-state index is 0.0316. The first-order valence-corrected chi connectivity index (χ1v) is 11.1. The number of amides is 2. The van der Waals surface area contributed by atoms with Crippen molar-refractivity contribution in [1.29, 1.82) is 0 Å². The minimum Gasteiger partial charge on any atom is -0.335 e. The number of hydrogen-bond acceptors (Lipinski definition) is 6. The lowest BCUT2D eigenvalue weighted by molar-refractivity contribution is -0.117. The third kappa shape index (κ3) is 3.64. The molecule has 1 aliphatic rings. The van der Waals surface area contributed by atoms with Crippen molar-refractivity contribution in [1.82, 2.24) is 19.2 Å². The fourth-order valence-electron chi connectivity index (χ4n) is 3.54. The van der Waals surface area contributed by atoms with Gasteiger partial charge in [-0.1, -0.05) is 18.2 Å². The number of hydrogen-bond donors (Lipinski definition) is 1. The zero-order valence-corrected chi connectivity index (χ0v) is 17.2. The van der Waals surface area contributed by atoms with Crippen LogP contribution in [0.4, 0.5) is 5.69 Å². The van der Waals surface area contributed by atoms with Gasteiger partial charge in [-0.3, -0.25) is 18.9 Å². The van der Waals surface area contributed by atoms with Crippen LogP contribution in [0.25, 0.3) is 15.3 Å². The van der Waals surface area contributed by atoms with Crippen LogP contribution in [-0.4, -0.2) is 63.7 Å². The van der Waals surface area contributed by atoms with E-state index >= 15 is 0 Å². The van der Waals surface area contributed by atoms with E-state index in [0.29, 0.717) is 32.7 Å². The topological polar surface area (TPSA) is 70.0 Å². The first kappa shape index (κ1) is 18.3. The van der Waals surface area contributed by atoms with Crippen molar-refractivity contribution in [2.45, 2.75) is 0 Å². The normalized spacial score (nSPS) is 15.2. The monoisotopic (exact) mass is 425 g/mol. The van der Waals surface area contributed by atoms with E-state index in [1.54, 1.807) is 11.3 Å². The Morgan fingerprint density at radius 3 is 2.69 bits per heavy atom. The van der Waals surface area contributed by atoms with Crippen LogP contribution in [0.5, 0.6) is 0 Å². The first-order valence-electron chi connectivity index (χ1n) is 9.39. The summed E-state index contributed by atoms with van der Waals surface area (Å²) in [7, 11) is 0. The molecule has 4 heterocycles. The lowest BCUT2D eigenvalue weighted by Crippen LogP contribution is -2.50. The van der Waals surface area contributed by atoms with E-state index in [4.69, 9.17) is 0 Å². The van der Waals surface area contributed by atoms with Crippen LogP contribution < -0.4 is 5.32 Å². The Labute approximate surface area is 175 Å². The highest BCUT2D eigenvalue weighted by atomic mass is 32.1. The van der Waals surface area contributed by atoms with Crippen LogP contribution in [0.1, 0.15) is 9.67 Å². The van der Waals surface area contributed by atoms with E-state index in [1.807, 2.05) is 57.3 Å². The van der Waals surface area contributed by atoms with Gasteiger partial charge in [0.1, 0.15) is 4.83 Å². The van der Waals surface area contributed by atoms with Gasteiger partial charge in [-0.2, -0.15) is 0 Å². The van der Waals surface area contributed by atoms with E-state index in [0.717, 1.165) is 25.9 Å². The van der Waals surface area contributed by atoms with Crippen LogP contribution in [0.3, 0.4) is 0 Å². The van der Waals surface area contributed by atoms with Crippen molar-refractivity contribution in [3.8, 4) is 0 Å². The van der Waals surface area contributed by atoms with Crippen LogP contribution in [0.2, 0.25) is 0 Å². The van der Waals surface area contributed by atoms with Crippen molar-refractivity contribution in [2.24, 2.45) is 0 Å². The van der Waals surface area contributed by atoms with Gasteiger partial charge >= 0.3 is 0 Å². The van der Waals surface area contributed by atoms with Crippen LogP contribution >= 0.6 is 22.7 Å². The number of rotatable bonds is 4. The molecule has 9 heteroatoms. The summed E-state index contributed by atoms with van der Waals surface area (Å²) in [4.78, 5) is 36.2. The maximum Gasteiger partial charge on any atom is 0.264 e. The number of para-hydroxylation sites is 1. The summed E-state index contributed by atoms with van der Waals surface area (Å²) < 4.78 is 2.02. The van der Waals surface area contributed by atoms with E-state index < -0.39 is 0 Å². The third-order valence-electron chi connectivity index (χ3n) is 5.03. The van der Waals surface area contributed by atoms with Crippen molar-refractivity contribution in [2.75, 3.05) is 38.0 Å². The molecule has 2 amide bonds. The fraction of sp³-hybridized carbons (Fsp3) is 0.250. The molecule has 0 bridgehead atoms. The number of nitrogens with zero attached hydrogens (tertiary/aromatic N) is 4. The van der Waals surface area contributed by atoms with Crippen molar-refractivity contribution >= 4 is 55.5 Å². The second-order valence-corrected chi connectivity index (χ2v) is 8.85. The Kier molecular flexibility index (Phi) is 4.78. The predicted octanol–water partition coefficient (Wildman–Crippen LogP) is 3.01. The van der Waals surface area contributed by atoms with Crippen molar-refractivity contribution in [3.63, 3.8) is 0 Å². The Morgan fingerprint density at radius 2 is 1.90 bits per heavy atom. The molecule has 1 aliphatic heterocycles. The van der Waals surface area contributed by atoms with Crippen LogP contribution in [0, 0.1) is 0 Å². The molecule has 3 aromatic heterocycles. The highest BCUT2D eigenvalue weighted by Crippen LogP contribution is 2.29. The Balaban J connectivity index is 1.18. The summed E-state index contributed by atoms with van der Waals surface area (Å²) in [6.45, 7) is 2.95. The van der Waals surface area contributed by atoms with Crippen molar-refractivity contribution in [3.05, 3.63) is 52.9 Å². The molecule has 1 aromatic carbocycles. The molecular weight excluding hydrogens is 406 g/mol. The van der Waals surface area contributed by atoms with Gasteiger partial charge in [0.2, 0.25) is 5.91 Å². The average Bonchev–Trinajstić information content (AvgIpc) is 3.41. The number of piperazine rings is 1. The molecule has 0 saturated carbocycles. The maximum absolute atomic E-state index is 12.9. The molecule has 1 saturated heterocycles. The second kappa shape index (κ2) is 7.58. The number of carbonyl (C=O) groups excluding carboxylic acids is 2. The molecule has 4 aromatic rings. The predicted molar refractivity (Wildman–Crippen MR) is 116 cm³/mol. The van der Waals surface area contributed by atoms with Gasteiger partial charge in [-0.15, -0.1) is 22.7 Å². The quantitative estimate of drug-likeness (QED) is 0.546. The molecular formula is C20H19N5O2S2. The van der Waals surface area contributed by atoms with Crippen molar-refractivity contribution < 1.29 is 9.59 Å². The van der Waals surface area contributed by atoms with Gasteiger partial charge < -0.3 is 10.2 Å². The van der Waals surface area contributed by atoms with Gasteiger partial charge in [-0.05, 0) is 18.2 Å². The summed E-state index contributed by atoms with van der Waals surface area (Å²) >= 11 is 3.04. The number of thiazole rings is 1. The number of carbonyl (C=O) groups is 2. The Bertz CT molecular complexity index is 1170. The number of anilines is 1. The highest BCUT2D eigenvalue weighted by molar-refractivity contribution is 7.21. The van der Waals surface area contributed by atoms with Gasteiger partial charge in [0.15, 0.2) is 4.96 Å². The summed E-state index contributed by atoms with van der Waals surface area (Å²) in [6, 6.07) is 11.4. The molecule has 0 aliphatic carbocycles. The second-order valence-electron chi connectivity index (χ2n) is 6.95. The fourth-order valence-corrected chi connectivity index (χ4v) is 5.31. The van der Waals surface area contributed by atoms with Crippen LogP contribution in [0.15, 0.2) is 48.0 Å². The lowest BCUT2D eigenvalue weighted by Gasteiger charge is -2.34. The smallest absolute Gasteiger partial charge is 0.264 e. The maximum atomic E-state index is 12.9. The SMILES string of the molecule is O=C(CN1CCN(C(=O)c2cc3c(nc4sccn43)s2)CC1)Nc1ccccc1. The van der Waals surface area contributed by atoms with E-state index in [-0.39, 0.29) is 11.8 Å². The molecule has 148 valence electrons. The first-order chi connectivity index (χ1) is 14.2. The van der Waals surface area contributed by atoms with Gasteiger partial charge in [0, 0.05) is 43.4 Å². The lowest BCUT2D eigenvalue weighted by atomic mass is 10.2. The number of aromatic nitrogens is 2. The summed E-state index contributed by atoms with van der Waals surface area (Å²) in [6.07, 6.45) is 1.98. The largest absolute Gasteiger partial charge is 0.335 e. The molecule has 29 heavy (non-hydrogen) atoms. The molecule has 0 radical (unpaired) electrons. The zero-order valence-electron chi connectivity index (χ0n) is 15.6. The third-order valence-corrected chi connectivity index (χ3v) is 6.80. The van der Waals surface area contributed by atoms with Gasteiger partial charge in [0.25, 0.3) is 5.91 Å². The number of fused-ring (bicyclic) bond motifs is 3. The molecule has 0 atom stereocenters. The summed E-state index contributed by atoms with van der Waals surface area (Å²) in [5.74, 6) is 0.0150. The van der Waals surface area contributed by atoms with Gasteiger partial charge in [0.05, 0.1) is 16.9 Å². The van der Waals surface area contributed by atoms with E-state index in [2.05, 4.69) is 15.2 Å². The average molecular weight is 426 g/mol. The molecule has 5 rings (SSSR count). The molecule has 0 spiro atoms. The molecule has 1 N–H and O–H groups in total. The Morgan fingerprint density at radius 1 is 1.10 bits per heavy atom. The van der Waals surface area contributed by atoms with Crippen LogP contribution in [-0.2, 0) is 4.79 Å². The highest BCUT2D eigenvalue weighted by Gasteiger charge is 2.25. The molecule has 0 unspecified atom stereocenters. The molecule has 7 nitrogen and oxygen atoms in total. The van der Waals surface area contributed by atoms with Gasteiger partial charge in [-0.25, -0.2) is 4.98 Å². The number of thiophene rings is 1. The van der Waals surface area contributed by atoms with E-state index in [1.165, 1.54) is 11.3 Å². The Hall–Kier alpha value is -2.75. The minimum atomic E-state index is -0.0316. The van der Waals surface area contributed by atoms with E-state index in [9.17, 15) is 9.59 Å². The summed E-state index contributed by atoms with van der Waals surface area (Å²) in [5, 5.41) is 4.90. The zero-order chi connectivity index (χ0) is 19.8. The number of imidazole rings is 1. The summed E-state index contributed by atoms with van der Waals surface area (Å²) in [5.41, 5.74) is 1.79. The standard InChI is InChI=1S/C20H19N5O2S2/c26-17(21-14-4-2-1-3-5-14)13-23-6-8-24(9-7-23)19(27)16-12-15-18(29-16)22-20-25(15)10-11-28-20/h1-5,10-12H,6-9,13H2,(H,21,26). The number of nitrogens with one attached hydrogen (secondary N) is 1. The number of benzene rings is 1.